The maximum Gasteiger partial charge on any atom is 0.257 e. The molecule has 0 saturated heterocycles. The van der Waals surface area contributed by atoms with Crippen LogP contribution < -0.4 is 5.32 Å². The minimum absolute atomic E-state index is 0.162. The lowest BCUT2D eigenvalue weighted by Gasteiger charge is -2.01. The molecule has 128 valence electrons. The lowest BCUT2D eigenvalue weighted by Crippen LogP contribution is -2.11. The van der Waals surface area contributed by atoms with Crippen molar-refractivity contribution in [3.05, 3.63) is 41.4 Å². The average molecular weight is 415 g/mol. The quantitative estimate of drug-likeness (QED) is 0.395. The zero-order chi connectivity index (χ0) is 17.7. The molecule has 0 atom stereocenters. The lowest BCUT2D eigenvalue weighted by atomic mass is 10.2. The van der Waals surface area contributed by atoms with Crippen LogP contribution in [0.2, 0.25) is 0 Å². The highest BCUT2D eigenvalue weighted by atomic mass is 32.2. The second-order valence-electron chi connectivity index (χ2n) is 5.45. The molecule has 0 saturated carbocycles. The smallest absolute Gasteiger partial charge is 0.257 e. The van der Waals surface area contributed by atoms with Gasteiger partial charge in [-0.15, -0.1) is 22.7 Å². The molecule has 1 amide bonds. The topological polar surface area (TPSA) is 67.8 Å². The van der Waals surface area contributed by atoms with Gasteiger partial charge in [0, 0.05) is 5.56 Å². The first-order valence-electron chi connectivity index (χ1n) is 7.60. The van der Waals surface area contributed by atoms with Crippen LogP contribution in [0, 0.1) is 0 Å². The molecule has 0 aliphatic rings. The Morgan fingerprint density at radius 2 is 1.81 bits per heavy atom. The van der Waals surface area contributed by atoms with E-state index < -0.39 is 0 Å². The van der Waals surface area contributed by atoms with Gasteiger partial charge in [0.05, 0.1) is 36.2 Å². The van der Waals surface area contributed by atoms with Crippen LogP contribution in [0.4, 0.5) is 5.13 Å². The molecule has 5 aromatic rings. The Bertz CT molecular complexity index is 1290. The first kappa shape index (κ1) is 16.1. The number of hydrogen-bond donors (Lipinski definition) is 1. The van der Waals surface area contributed by atoms with E-state index in [1.165, 1.54) is 22.7 Å². The maximum absolute atomic E-state index is 12.6. The molecule has 5 nitrogen and oxygen atoms in total. The van der Waals surface area contributed by atoms with Gasteiger partial charge in [0.2, 0.25) is 0 Å². The first-order valence-corrected chi connectivity index (χ1v) is 11.3. The van der Waals surface area contributed by atoms with Gasteiger partial charge in [-0.1, -0.05) is 23.1 Å². The molecule has 0 fully saturated rings. The summed E-state index contributed by atoms with van der Waals surface area (Å²) in [4.78, 5) is 26.0. The second-order valence-corrected chi connectivity index (χ2v) is 9.39. The van der Waals surface area contributed by atoms with E-state index in [9.17, 15) is 4.79 Å². The van der Waals surface area contributed by atoms with Crippen molar-refractivity contribution in [1.82, 2.24) is 15.0 Å². The van der Waals surface area contributed by atoms with E-state index in [1.807, 2.05) is 30.5 Å². The number of nitrogens with one attached hydrogen (secondary N) is 1. The predicted octanol–water partition coefficient (Wildman–Crippen LogP) is 5.49. The molecule has 0 bridgehead atoms. The normalized spacial score (nSPS) is 11.6. The van der Waals surface area contributed by atoms with Crippen molar-refractivity contribution in [2.45, 2.75) is 4.34 Å². The van der Waals surface area contributed by atoms with Gasteiger partial charge in [0.15, 0.2) is 9.47 Å². The molecule has 0 spiro atoms. The number of carbonyl (C=O) groups is 1. The minimum Gasteiger partial charge on any atom is -0.298 e. The van der Waals surface area contributed by atoms with Gasteiger partial charge in [-0.2, -0.15) is 0 Å². The van der Waals surface area contributed by atoms with Crippen molar-refractivity contribution < 1.29 is 4.79 Å². The number of rotatable bonds is 3. The molecule has 2 aromatic carbocycles. The summed E-state index contributed by atoms with van der Waals surface area (Å²) in [5.41, 5.74) is 5.15. The van der Waals surface area contributed by atoms with Crippen LogP contribution in [0.3, 0.4) is 0 Å². The predicted molar refractivity (Wildman–Crippen MR) is 112 cm³/mol. The van der Waals surface area contributed by atoms with Crippen molar-refractivity contribution in [3.63, 3.8) is 0 Å². The summed E-state index contributed by atoms with van der Waals surface area (Å²) in [5.74, 6) is -0.162. The van der Waals surface area contributed by atoms with E-state index in [2.05, 4.69) is 20.3 Å². The van der Waals surface area contributed by atoms with Crippen molar-refractivity contribution in [2.75, 3.05) is 11.6 Å². The number of anilines is 1. The van der Waals surface area contributed by atoms with Gasteiger partial charge < -0.3 is 0 Å². The molecular weight excluding hydrogens is 404 g/mol. The second kappa shape index (κ2) is 6.27. The summed E-state index contributed by atoms with van der Waals surface area (Å²) in [5, 5.41) is 3.52. The standard InChI is InChI=1S/C17H10N4OS4/c1-23-17-20-11-5-4-10-13(14(11)26-17)25-16(19-10)21-15(22)8-2-3-9-12(6-8)24-7-18-9/h2-7H,1H3,(H,19,21,22). The molecule has 9 heteroatoms. The molecule has 3 heterocycles. The third-order valence-corrected chi connectivity index (χ3v) is 7.88. The van der Waals surface area contributed by atoms with Crippen molar-refractivity contribution in [1.29, 1.82) is 0 Å². The molecule has 0 aliphatic carbocycles. The fourth-order valence-electron chi connectivity index (χ4n) is 2.66. The molecule has 0 unspecified atom stereocenters. The Kier molecular flexibility index (Phi) is 3.89. The highest BCUT2D eigenvalue weighted by Crippen LogP contribution is 2.38. The molecule has 0 radical (unpaired) electrons. The average Bonchev–Trinajstić information content (AvgIpc) is 3.36. The number of hydrogen-bond acceptors (Lipinski definition) is 8. The maximum atomic E-state index is 12.6. The summed E-state index contributed by atoms with van der Waals surface area (Å²) in [6.07, 6.45) is 2.02. The third-order valence-electron chi connectivity index (χ3n) is 3.88. The summed E-state index contributed by atoms with van der Waals surface area (Å²) in [6, 6.07) is 9.45. The number of nitrogens with zero attached hydrogens (tertiary/aromatic N) is 3. The summed E-state index contributed by atoms with van der Waals surface area (Å²) < 4.78 is 4.21. The fraction of sp³-hybridized carbons (Fsp3) is 0.0588. The number of thioether (sulfide) groups is 1. The van der Waals surface area contributed by atoms with Gasteiger partial charge in [0.1, 0.15) is 0 Å². The van der Waals surface area contributed by atoms with E-state index in [-0.39, 0.29) is 5.91 Å². The van der Waals surface area contributed by atoms with Crippen LogP contribution in [-0.2, 0) is 0 Å². The molecule has 26 heavy (non-hydrogen) atoms. The SMILES string of the molecule is CSc1nc2ccc3nc(NC(=O)c4ccc5ncsc5c4)sc3c2s1. The highest BCUT2D eigenvalue weighted by molar-refractivity contribution is 8.00. The van der Waals surface area contributed by atoms with Gasteiger partial charge >= 0.3 is 0 Å². The fourth-order valence-corrected chi connectivity index (χ4v) is 6.03. The Labute approximate surface area is 164 Å². The van der Waals surface area contributed by atoms with Gasteiger partial charge in [0.25, 0.3) is 5.91 Å². The third kappa shape index (κ3) is 2.67. The number of thiazole rings is 3. The number of amides is 1. The van der Waals surface area contributed by atoms with E-state index in [0.29, 0.717) is 10.7 Å². The van der Waals surface area contributed by atoms with E-state index >= 15 is 0 Å². The molecule has 0 aliphatic heterocycles. The van der Waals surface area contributed by atoms with E-state index in [0.717, 1.165) is 35.0 Å². The van der Waals surface area contributed by atoms with Crippen LogP contribution in [-0.4, -0.2) is 27.1 Å². The number of carbonyl (C=O) groups excluding carboxylic acids is 1. The number of fused-ring (bicyclic) bond motifs is 4. The minimum atomic E-state index is -0.162. The van der Waals surface area contributed by atoms with Crippen molar-refractivity contribution >= 4 is 87.5 Å². The van der Waals surface area contributed by atoms with E-state index in [4.69, 9.17) is 0 Å². The number of aromatic nitrogens is 3. The van der Waals surface area contributed by atoms with Gasteiger partial charge in [-0.25, -0.2) is 15.0 Å². The summed E-state index contributed by atoms with van der Waals surface area (Å²) in [7, 11) is 0. The Hall–Kier alpha value is -2.07. The van der Waals surface area contributed by atoms with Crippen LogP contribution in [0.5, 0.6) is 0 Å². The van der Waals surface area contributed by atoms with Crippen LogP contribution in [0.25, 0.3) is 30.6 Å². The van der Waals surface area contributed by atoms with Crippen LogP contribution in [0.1, 0.15) is 10.4 Å². The first-order chi connectivity index (χ1) is 12.7. The summed E-state index contributed by atoms with van der Waals surface area (Å²) in [6.45, 7) is 0. The molecule has 1 N–H and O–H groups in total. The Morgan fingerprint density at radius 3 is 2.65 bits per heavy atom. The highest BCUT2D eigenvalue weighted by Gasteiger charge is 2.14. The molecule has 5 rings (SSSR count). The Balaban J connectivity index is 1.51. The molecular formula is C17H10N4OS4. The van der Waals surface area contributed by atoms with Crippen molar-refractivity contribution in [3.8, 4) is 0 Å². The largest absolute Gasteiger partial charge is 0.298 e. The lowest BCUT2D eigenvalue weighted by molar-refractivity contribution is 0.102. The zero-order valence-corrected chi connectivity index (χ0v) is 16.6. The van der Waals surface area contributed by atoms with Gasteiger partial charge in [-0.3, -0.25) is 10.1 Å². The monoisotopic (exact) mass is 414 g/mol. The molecule has 3 aromatic heterocycles. The van der Waals surface area contributed by atoms with E-state index in [1.54, 1.807) is 34.7 Å². The van der Waals surface area contributed by atoms with Crippen LogP contribution in [0.15, 0.2) is 40.2 Å². The van der Waals surface area contributed by atoms with Crippen molar-refractivity contribution in [2.24, 2.45) is 0 Å². The van der Waals surface area contributed by atoms with Crippen LogP contribution >= 0.6 is 45.8 Å². The Morgan fingerprint density at radius 1 is 1.04 bits per heavy atom. The van der Waals surface area contributed by atoms with Gasteiger partial charge in [-0.05, 0) is 36.6 Å². The number of benzene rings is 2. The summed E-state index contributed by atoms with van der Waals surface area (Å²) >= 11 is 6.31. The zero-order valence-electron chi connectivity index (χ0n) is 13.3.